The summed E-state index contributed by atoms with van der Waals surface area (Å²) < 4.78 is 6.86. The van der Waals surface area contributed by atoms with Gasteiger partial charge < -0.3 is 4.57 Å². The SMILES string of the molecule is C=Cc1ccc(-c2nc[n+](C(C)C)n2-c2cc(-n3c(C)c(C)c(C)c3C)ccc2C)c(C)c1. The monoisotopic (exact) mass is 439 g/mol. The quantitative estimate of drug-likeness (QED) is 0.318. The van der Waals surface area contributed by atoms with Crippen LogP contribution in [0.3, 0.4) is 0 Å². The summed E-state index contributed by atoms with van der Waals surface area (Å²) in [6.45, 7) is 21.4. The lowest BCUT2D eigenvalue weighted by atomic mass is 10.0. The summed E-state index contributed by atoms with van der Waals surface area (Å²) in [5, 5.41) is 0. The van der Waals surface area contributed by atoms with Crippen LogP contribution in [0.25, 0.3) is 28.8 Å². The minimum absolute atomic E-state index is 0.265. The lowest BCUT2D eigenvalue weighted by Gasteiger charge is -2.16. The zero-order valence-electron chi connectivity index (χ0n) is 21.2. The number of rotatable bonds is 5. The first-order chi connectivity index (χ1) is 15.6. The van der Waals surface area contributed by atoms with Crippen molar-refractivity contribution in [2.45, 2.75) is 61.4 Å². The molecule has 2 aromatic carbocycles. The van der Waals surface area contributed by atoms with Gasteiger partial charge in [0, 0.05) is 17.1 Å². The molecule has 4 aromatic rings. The van der Waals surface area contributed by atoms with Gasteiger partial charge >= 0.3 is 6.33 Å². The van der Waals surface area contributed by atoms with Gasteiger partial charge in [0.25, 0.3) is 5.82 Å². The van der Waals surface area contributed by atoms with Gasteiger partial charge in [-0.25, -0.2) is 0 Å². The standard InChI is InChI=1S/C29H35N4/c1-10-25-12-14-27(20(5)15-25)29-30-17-31(18(2)3)33(29)28-16-26(13-11-19(28)4)32-23(8)21(6)22(7)24(32)9/h10-18H,1H2,2-9H3/q+1. The van der Waals surface area contributed by atoms with Crippen molar-refractivity contribution in [3.8, 4) is 22.8 Å². The van der Waals surface area contributed by atoms with Gasteiger partial charge in [-0.05, 0) is 106 Å². The van der Waals surface area contributed by atoms with Crippen molar-refractivity contribution < 1.29 is 4.68 Å². The third-order valence-corrected chi connectivity index (χ3v) is 6.98. The minimum Gasteiger partial charge on any atom is -0.318 e. The average molecular weight is 440 g/mol. The summed E-state index contributed by atoms with van der Waals surface area (Å²) >= 11 is 0. The number of aryl methyl sites for hydroxylation is 2. The minimum atomic E-state index is 0.265. The van der Waals surface area contributed by atoms with Crippen LogP contribution in [0.4, 0.5) is 0 Å². The van der Waals surface area contributed by atoms with Crippen molar-refractivity contribution in [3.05, 3.63) is 88.5 Å². The third kappa shape index (κ3) is 3.74. The van der Waals surface area contributed by atoms with Crippen molar-refractivity contribution in [2.75, 3.05) is 0 Å². The molecule has 0 saturated heterocycles. The van der Waals surface area contributed by atoms with E-state index < -0.39 is 0 Å². The summed E-state index contributed by atoms with van der Waals surface area (Å²) in [5.74, 6) is 0.949. The number of aromatic nitrogens is 4. The molecule has 0 aliphatic rings. The first kappa shape index (κ1) is 22.8. The van der Waals surface area contributed by atoms with Gasteiger partial charge in [0.05, 0.1) is 11.3 Å². The smallest absolute Gasteiger partial charge is 0.308 e. The predicted octanol–water partition coefficient (Wildman–Crippen LogP) is 6.69. The highest BCUT2D eigenvalue weighted by molar-refractivity contribution is 5.66. The zero-order valence-corrected chi connectivity index (χ0v) is 21.2. The van der Waals surface area contributed by atoms with Crippen molar-refractivity contribution in [1.82, 2.24) is 14.2 Å². The van der Waals surface area contributed by atoms with E-state index in [1.54, 1.807) is 0 Å². The van der Waals surface area contributed by atoms with Gasteiger partial charge in [0.15, 0.2) is 0 Å². The van der Waals surface area contributed by atoms with E-state index in [4.69, 9.17) is 4.98 Å². The van der Waals surface area contributed by atoms with Crippen LogP contribution < -0.4 is 4.68 Å². The fourth-order valence-electron chi connectivity index (χ4n) is 4.66. The first-order valence-electron chi connectivity index (χ1n) is 11.6. The second kappa shape index (κ2) is 8.51. The number of hydrogen-bond donors (Lipinski definition) is 0. The van der Waals surface area contributed by atoms with Crippen LogP contribution in [-0.2, 0) is 0 Å². The molecule has 33 heavy (non-hydrogen) atoms. The fourth-order valence-corrected chi connectivity index (χ4v) is 4.66. The Hall–Kier alpha value is -3.40. The molecule has 2 aromatic heterocycles. The lowest BCUT2D eigenvalue weighted by molar-refractivity contribution is -0.784. The molecule has 0 spiro atoms. The largest absolute Gasteiger partial charge is 0.318 e. The average Bonchev–Trinajstić information content (AvgIpc) is 3.30. The predicted molar refractivity (Wildman–Crippen MR) is 137 cm³/mol. The van der Waals surface area contributed by atoms with E-state index in [9.17, 15) is 0 Å². The summed E-state index contributed by atoms with van der Waals surface area (Å²) in [5.41, 5.74) is 12.3. The van der Waals surface area contributed by atoms with Gasteiger partial charge in [-0.3, -0.25) is 0 Å². The van der Waals surface area contributed by atoms with Crippen LogP contribution in [0, 0.1) is 41.5 Å². The molecule has 0 saturated carbocycles. The molecule has 0 amide bonds. The van der Waals surface area contributed by atoms with Crippen LogP contribution in [0.5, 0.6) is 0 Å². The van der Waals surface area contributed by atoms with E-state index in [1.807, 2.05) is 12.4 Å². The van der Waals surface area contributed by atoms with Gasteiger partial charge in [-0.1, -0.05) is 30.9 Å². The molecule has 4 nitrogen and oxygen atoms in total. The molecule has 4 rings (SSSR count). The molecular weight excluding hydrogens is 404 g/mol. The number of nitrogens with zero attached hydrogens (tertiary/aromatic N) is 4. The fraction of sp³-hybridized carbons (Fsp3) is 0.310. The lowest BCUT2D eigenvalue weighted by Crippen LogP contribution is -2.44. The van der Waals surface area contributed by atoms with E-state index in [0.717, 1.165) is 22.6 Å². The van der Waals surface area contributed by atoms with Crippen LogP contribution in [-0.4, -0.2) is 14.2 Å². The Labute approximate surface area is 197 Å². The highest BCUT2D eigenvalue weighted by Crippen LogP contribution is 2.30. The van der Waals surface area contributed by atoms with E-state index in [1.165, 1.54) is 39.3 Å². The summed E-state index contributed by atoms with van der Waals surface area (Å²) in [6.07, 6.45) is 3.84. The van der Waals surface area contributed by atoms with E-state index in [2.05, 4.69) is 112 Å². The Morgan fingerprint density at radius 3 is 2.12 bits per heavy atom. The van der Waals surface area contributed by atoms with Gasteiger partial charge in [-0.2, -0.15) is 0 Å². The molecule has 0 aliphatic carbocycles. The maximum atomic E-state index is 4.89. The second-order valence-electron chi connectivity index (χ2n) is 9.36. The first-order valence-corrected chi connectivity index (χ1v) is 11.6. The molecule has 0 radical (unpaired) electrons. The van der Waals surface area contributed by atoms with Crippen LogP contribution in [0.1, 0.15) is 59.1 Å². The topological polar surface area (TPSA) is 26.6 Å². The Bertz CT molecular complexity index is 1340. The molecule has 4 heteroatoms. The second-order valence-corrected chi connectivity index (χ2v) is 9.36. The van der Waals surface area contributed by atoms with Crippen LogP contribution in [0.15, 0.2) is 49.3 Å². The Kier molecular flexibility index (Phi) is 5.87. The summed E-state index contributed by atoms with van der Waals surface area (Å²) in [4.78, 5) is 4.89. The normalized spacial score (nSPS) is 11.4. The molecule has 0 aliphatic heterocycles. The van der Waals surface area contributed by atoms with E-state index in [-0.39, 0.29) is 6.04 Å². The molecule has 0 bridgehead atoms. The molecule has 0 N–H and O–H groups in total. The summed E-state index contributed by atoms with van der Waals surface area (Å²) in [7, 11) is 0. The van der Waals surface area contributed by atoms with Gasteiger partial charge in [0.1, 0.15) is 6.04 Å². The van der Waals surface area contributed by atoms with Crippen molar-refractivity contribution in [1.29, 1.82) is 0 Å². The highest BCUT2D eigenvalue weighted by Gasteiger charge is 2.26. The molecule has 0 fully saturated rings. The molecule has 0 unspecified atom stereocenters. The highest BCUT2D eigenvalue weighted by atomic mass is 15.5. The maximum absolute atomic E-state index is 4.89. The van der Waals surface area contributed by atoms with Crippen LogP contribution in [0.2, 0.25) is 0 Å². The Morgan fingerprint density at radius 1 is 0.879 bits per heavy atom. The summed E-state index contributed by atoms with van der Waals surface area (Å²) in [6, 6.07) is 13.4. The van der Waals surface area contributed by atoms with Gasteiger partial charge in [-0.15, -0.1) is 9.36 Å². The van der Waals surface area contributed by atoms with Crippen molar-refractivity contribution >= 4 is 6.08 Å². The number of benzene rings is 2. The van der Waals surface area contributed by atoms with E-state index in [0.29, 0.717) is 0 Å². The molecule has 2 heterocycles. The van der Waals surface area contributed by atoms with Crippen LogP contribution >= 0.6 is 0 Å². The van der Waals surface area contributed by atoms with Crippen molar-refractivity contribution in [3.63, 3.8) is 0 Å². The molecular formula is C29H35N4+. The number of hydrogen-bond acceptors (Lipinski definition) is 1. The van der Waals surface area contributed by atoms with E-state index >= 15 is 0 Å². The Balaban J connectivity index is 1.99. The third-order valence-electron chi connectivity index (χ3n) is 6.98. The Morgan fingerprint density at radius 2 is 1.55 bits per heavy atom. The molecule has 170 valence electrons. The zero-order chi connectivity index (χ0) is 24.0. The maximum Gasteiger partial charge on any atom is 0.308 e. The van der Waals surface area contributed by atoms with Crippen molar-refractivity contribution in [2.24, 2.45) is 0 Å². The molecule has 0 atom stereocenters. The van der Waals surface area contributed by atoms with Gasteiger partial charge in [0.2, 0.25) is 0 Å².